The van der Waals surface area contributed by atoms with Gasteiger partial charge in [0.05, 0.1) is 5.69 Å². The summed E-state index contributed by atoms with van der Waals surface area (Å²) in [5.41, 5.74) is 0.851. The summed E-state index contributed by atoms with van der Waals surface area (Å²) >= 11 is 0. The van der Waals surface area contributed by atoms with Gasteiger partial charge in [0, 0.05) is 6.20 Å². The molecule has 1 aromatic heterocycles. The summed E-state index contributed by atoms with van der Waals surface area (Å²) in [4.78, 5) is 27.5. The van der Waals surface area contributed by atoms with Crippen LogP contribution in [0.1, 0.15) is 18.2 Å². The van der Waals surface area contributed by atoms with Gasteiger partial charge in [-0.2, -0.15) is 4.98 Å². The Morgan fingerprint density at radius 2 is 2.00 bits per heavy atom. The Balaban J connectivity index is 2.30. The van der Waals surface area contributed by atoms with E-state index < -0.39 is 11.8 Å². The molecule has 0 saturated heterocycles. The zero-order valence-corrected chi connectivity index (χ0v) is 10.8. The number of aryl methyl sites for hydroxylation is 2. The van der Waals surface area contributed by atoms with Crippen molar-refractivity contribution in [3.8, 4) is 5.75 Å². The maximum atomic E-state index is 11.9. The number of hydrogen-bond donors (Lipinski definition) is 0. The zero-order chi connectivity index (χ0) is 13.8. The highest BCUT2D eigenvalue weighted by atomic mass is 16.6. The van der Waals surface area contributed by atoms with Gasteiger partial charge >= 0.3 is 11.8 Å². The van der Waals surface area contributed by atoms with Gasteiger partial charge in [-0.3, -0.25) is 0 Å². The lowest BCUT2D eigenvalue weighted by Gasteiger charge is -2.08. The van der Waals surface area contributed by atoms with Crippen molar-refractivity contribution in [3.05, 3.63) is 58.3 Å². The van der Waals surface area contributed by atoms with Crippen LogP contribution in [-0.4, -0.2) is 15.6 Å². The molecule has 1 aromatic carbocycles. The predicted molar refractivity (Wildman–Crippen MR) is 70.5 cm³/mol. The standard InChI is InChI=1S/C14H14N2O3/c1-3-12-10(2)9-16(13(17)15-12)14(18)19-11-7-5-4-6-8-11/h4-9H,3H2,1-2H3. The first-order valence-electron chi connectivity index (χ1n) is 5.98. The molecule has 5 heteroatoms. The van der Waals surface area contributed by atoms with Crippen molar-refractivity contribution in [1.82, 2.24) is 9.55 Å². The molecule has 1 heterocycles. The Kier molecular flexibility index (Phi) is 3.75. The lowest BCUT2D eigenvalue weighted by molar-refractivity contribution is 0.200. The molecule has 0 aliphatic carbocycles. The van der Waals surface area contributed by atoms with Crippen molar-refractivity contribution in [2.75, 3.05) is 0 Å². The molecule has 5 nitrogen and oxygen atoms in total. The number of ether oxygens (including phenoxy) is 1. The Morgan fingerprint density at radius 3 is 2.63 bits per heavy atom. The largest absolute Gasteiger partial charge is 0.427 e. The minimum atomic E-state index is -0.755. The van der Waals surface area contributed by atoms with Crippen LogP contribution in [0.3, 0.4) is 0 Å². The van der Waals surface area contributed by atoms with E-state index in [2.05, 4.69) is 4.98 Å². The van der Waals surface area contributed by atoms with Gasteiger partial charge in [0.25, 0.3) is 0 Å². The Labute approximate surface area is 110 Å². The summed E-state index contributed by atoms with van der Waals surface area (Å²) in [6.07, 6.45) is 1.35. The second-order valence-corrected chi connectivity index (χ2v) is 4.06. The number of para-hydroxylation sites is 1. The van der Waals surface area contributed by atoms with Gasteiger partial charge in [0.1, 0.15) is 5.75 Å². The van der Waals surface area contributed by atoms with E-state index in [-0.39, 0.29) is 0 Å². The normalized spacial score (nSPS) is 10.2. The molecule has 0 saturated carbocycles. The number of carbonyl (C=O) groups is 1. The highest BCUT2D eigenvalue weighted by molar-refractivity contribution is 5.72. The third kappa shape index (κ3) is 2.88. The molecular weight excluding hydrogens is 244 g/mol. The summed E-state index contributed by atoms with van der Waals surface area (Å²) in [6.45, 7) is 3.71. The molecule has 0 unspecified atom stereocenters. The fourth-order valence-electron chi connectivity index (χ4n) is 1.71. The van der Waals surface area contributed by atoms with Crippen molar-refractivity contribution in [1.29, 1.82) is 0 Å². The zero-order valence-electron chi connectivity index (χ0n) is 10.8. The number of carbonyl (C=O) groups excluding carboxylic acids is 1. The summed E-state index contributed by atoms with van der Waals surface area (Å²) in [7, 11) is 0. The average Bonchev–Trinajstić information content (AvgIpc) is 2.42. The van der Waals surface area contributed by atoms with E-state index in [1.54, 1.807) is 31.2 Å². The minimum absolute atomic E-state index is 0.386. The number of aromatic nitrogens is 2. The average molecular weight is 258 g/mol. The monoisotopic (exact) mass is 258 g/mol. The Morgan fingerprint density at radius 1 is 1.32 bits per heavy atom. The van der Waals surface area contributed by atoms with E-state index >= 15 is 0 Å². The molecule has 0 spiro atoms. The van der Waals surface area contributed by atoms with Crippen LogP contribution < -0.4 is 10.4 Å². The first kappa shape index (κ1) is 13.0. The Hall–Kier alpha value is -2.43. The molecule has 2 aromatic rings. The van der Waals surface area contributed by atoms with Crippen molar-refractivity contribution in [3.63, 3.8) is 0 Å². The van der Waals surface area contributed by atoms with Crippen molar-refractivity contribution < 1.29 is 9.53 Å². The van der Waals surface area contributed by atoms with Gasteiger partial charge in [-0.1, -0.05) is 25.1 Å². The SMILES string of the molecule is CCc1nc(=O)n(C(=O)Oc2ccccc2)cc1C. The first-order chi connectivity index (χ1) is 9.11. The van der Waals surface area contributed by atoms with Crippen LogP contribution in [0.4, 0.5) is 4.79 Å². The molecule has 0 amide bonds. The van der Waals surface area contributed by atoms with Gasteiger partial charge in [0.2, 0.25) is 0 Å². The fraction of sp³-hybridized carbons (Fsp3) is 0.214. The molecule has 0 aliphatic rings. The van der Waals surface area contributed by atoms with E-state index in [1.807, 2.05) is 13.0 Å². The summed E-state index contributed by atoms with van der Waals surface area (Å²) in [5, 5.41) is 0. The maximum absolute atomic E-state index is 11.9. The lowest BCUT2D eigenvalue weighted by Crippen LogP contribution is -2.32. The minimum Gasteiger partial charge on any atom is -0.410 e. The molecule has 0 bridgehead atoms. The van der Waals surface area contributed by atoms with Gasteiger partial charge in [-0.15, -0.1) is 0 Å². The highest BCUT2D eigenvalue weighted by Gasteiger charge is 2.12. The topological polar surface area (TPSA) is 61.2 Å². The quantitative estimate of drug-likeness (QED) is 0.828. The molecule has 0 atom stereocenters. The molecule has 0 N–H and O–H groups in total. The number of nitrogens with zero attached hydrogens (tertiary/aromatic N) is 2. The smallest absolute Gasteiger partial charge is 0.410 e. The third-order valence-electron chi connectivity index (χ3n) is 2.69. The Bertz CT molecular complexity index is 647. The molecule has 0 aliphatic heterocycles. The van der Waals surface area contributed by atoms with Crippen molar-refractivity contribution >= 4 is 6.09 Å². The second-order valence-electron chi connectivity index (χ2n) is 4.06. The highest BCUT2D eigenvalue weighted by Crippen LogP contribution is 2.09. The van der Waals surface area contributed by atoms with E-state index in [1.165, 1.54) is 6.20 Å². The van der Waals surface area contributed by atoms with Gasteiger partial charge in [-0.25, -0.2) is 14.2 Å². The second kappa shape index (κ2) is 5.48. The van der Waals surface area contributed by atoms with Gasteiger partial charge < -0.3 is 4.74 Å². The fourth-order valence-corrected chi connectivity index (χ4v) is 1.71. The maximum Gasteiger partial charge on any atom is 0.427 e. The van der Waals surface area contributed by atoms with Crippen LogP contribution in [0.5, 0.6) is 5.75 Å². The van der Waals surface area contributed by atoms with Crippen LogP contribution in [0.15, 0.2) is 41.3 Å². The molecule has 98 valence electrons. The first-order valence-corrected chi connectivity index (χ1v) is 5.98. The van der Waals surface area contributed by atoms with Crippen LogP contribution in [-0.2, 0) is 6.42 Å². The van der Waals surface area contributed by atoms with Crippen LogP contribution in [0, 0.1) is 6.92 Å². The van der Waals surface area contributed by atoms with Crippen molar-refractivity contribution in [2.45, 2.75) is 20.3 Å². The van der Waals surface area contributed by atoms with E-state index in [9.17, 15) is 9.59 Å². The van der Waals surface area contributed by atoms with Crippen molar-refractivity contribution in [2.24, 2.45) is 0 Å². The number of rotatable bonds is 2. The summed E-state index contributed by atoms with van der Waals surface area (Å²) in [5.74, 6) is 0.386. The lowest BCUT2D eigenvalue weighted by atomic mass is 10.2. The molecule has 0 fully saturated rings. The van der Waals surface area contributed by atoms with Crippen LogP contribution in [0.25, 0.3) is 0 Å². The molecule has 2 rings (SSSR count). The summed E-state index contributed by atoms with van der Waals surface area (Å²) < 4.78 is 5.97. The third-order valence-corrected chi connectivity index (χ3v) is 2.69. The van der Waals surface area contributed by atoms with Gasteiger partial charge in [-0.05, 0) is 31.0 Å². The molecule has 0 radical (unpaired) electrons. The molecular formula is C14H14N2O3. The van der Waals surface area contributed by atoms with E-state index in [0.717, 1.165) is 10.1 Å². The summed E-state index contributed by atoms with van der Waals surface area (Å²) in [6, 6.07) is 8.59. The number of benzene rings is 1. The van der Waals surface area contributed by atoms with Crippen LogP contribution in [0.2, 0.25) is 0 Å². The van der Waals surface area contributed by atoms with E-state index in [4.69, 9.17) is 4.74 Å². The predicted octanol–water partition coefficient (Wildman–Crippen LogP) is 2.16. The number of hydrogen-bond acceptors (Lipinski definition) is 4. The van der Waals surface area contributed by atoms with Crippen LogP contribution >= 0.6 is 0 Å². The van der Waals surface area contributed by atoms with Gasteiger partial charge in [0.15, 0.2) is 0 Å². The molecule has 19 heavy (non-hydrogen) atoms. The van der Waals surface area contributed by atoms with E-state index in [0.29, 0.717) is 17.9 Å².